The predicted molar refractivity (Wildman–Crippen MR) is 95.9 cm³/mol. The molecule has 0 heterocycles. The smallest absolute Gasteiger partial charge is 0.119 e. The maximum atomic E-state index is 10.4. The minimum absolute atomic E-state index is 0.196. The first-order valence-electron chi connectivity index (χ1n) is 8.92. The summed E-state index contributed by atoms with van der Waals surface area (Å²) in [5.74, 6) is 1.85. The molecule has 0 radical (unpaired) electrons. The lowest BCUT2D eigenvalue weighted by molar-refractivity contribution is 0.0465. The van der Waals surface area contributed by atoms with Gasteiger partial charge in [-0.2, -0.15) is 0 Å². The van der Waals surface area contributed by atoms with Crippen LogP contribution in [0.3, 0.4) is 0 Å². The van der Waals surface area contributed by atoms with Crippen LogP contribution in [0, 0.1) is 12.8 Å². The molecule has 1 aromatic rings. The fraction of sp³-hybridized carbons (Fsp3) is 0.700. The highest BCUT2D eigenvalue weighted by Gasteiger charge is 2.31. The summed E-state index contributed by atoms with van der Waals surface area (Å²) >= 11 is 0. The molecule has 3 nitrogen and oxygen atoms in total. The standard InChI is InChI=1S/C20H33NO2/c1-12-10-16-15(8-6-14(3)19(16)17(22)11-12)13(2)7-9-18(21)20(4,5)23/h10-11,13-15,18,22-23H,6-9,21H2,1-5H3/t13-,14+,15-,18?/m0/s1. The zero-order valence-electron chi connectivity index (χ0n) is 15.3. The molecule has 0 amide bonds. The third kappa shape index (κ3) is 4.07. The van der Waals surface area contributed by atoms with Gasteiger partial charge in [0, 0.05) is 11.6 Å². The molecule has 3 heteroatoms. The van der Waals surface area contributed by atoms with Gasteiger partial charge in [-0.15, -0.1) is 0 Å². The van der Waals surface area contributed by atoms with Crippen molar-refractivity contribution in [3.8, 4) is 5.75 Å². The zero-order chi connectivity index (χ0) is 17.4. The number of rotatable bonds is 5. The lowest BCUT2D eigenvalue weighted by atomic mass is 9.70. The molecule has 0 aromatic heterocycles. The normalized spacial score (nSPS) is 24.1. The lowest BCUT2D eigenvalue weighted by Gasteiger charge is -2.35. The Balaban J connectivity index is 2.17. The van der Waals surface area contributed by atoms with Crippen LogP contribution in [0.1, 0.15) is 81.9 Å². The van der Waals surface area contributed by atoms with E-state index in [4.69, 9.17) is 5.73 Å². The number of fused-ring (bicyclic) bond motifs is 1. The van der Waals surface area contributed by atoms with Gasteiger partial charge in [-0.05, 0) is 81.4 Å². The molecule has 1 aromatic carbocycles. The van der Waals surface area contributed by atoms with E-state index >= 15 is 0 Å². The van der Waals surface area contributed by atoms with Crippen LogP contribution in [0.15, 0.2) is 12.1 Å². The van der Waals surface area contributed by atoms with Crippen LogP contribution < -0.4 is 5.73 Å². The molecule has 1 aliphatic rings. The summed E-state index contributed by atoms with van der Waals surface area (Å²) in [5.41, 5.74) is 8.87. The van der Waals surface area contributed by atoms with Crippen molar-refractivity contribution in [3.05, 3.63) is 28.8 Å². The SMILES string of the molecule is Cc1cc(O)c2c(c1)[C@H]([C@@H](C)CCC(N)C(C)(C)O)CC[C@H]2C. The predicted octanol–water partition coefficient (Wildman–Crippen LogP) is 4.20. The molecule has 1 unspecified atom stereocenters. The average Bonchev–Trinajstić information content (AvgIpc) is 2.42. The van der Waals surface area contributed by atoms with E-state index in [1.54, 1.807) is 13.8 Å². The molecule has 1 aliphatic carbocycles. The number of phenols is 1. The largest absolute Gasteiger partial charge is 0.508 e. The quantitative estimate of drug-likeness (QED) is 0.762. The average molecular weight is 319 g/mol. The first kappa shape index (κ1) is 18.3. The summed E-state index contributed by atoms with van der Waals surface area (Å²) in [7, 11) is 0. The number of benzene rings is 1. The number of nitrogens with two attached hydrogens (primary N) is 1. The second kappa shape index (κ2) is 6.82. The van der Waals surface area contributed by atoms with E-state index in [2.05, 4.69) is 19.9 Å². The molecular formula is C20H33NO2. The summed E-state index contributed by atoms with van der Waals surface area (Å²) in [6.07, 6.45) is 4.11. The van der Waals surface area contributed by atoms with E-state index in [1.165, 1.54) is 5.56 Å². The molecule has 130 valence electrons. The molecule has 0 aliphatic heterocycles. The molecule has 2 rings (SSSR count). The second-order valence-corrected chi connectivity index (χ2v) is 8.19. The minimum atomic E-state index is -0.826. The van der Waals surface area contributed by atoms with Crippen LogP contribution in [0.5, 0.6) is 5.75 Å². The Hall–Kier alpha value is -1.06. The molecule has 23 heavy (non-hydrogen) atoms. The highest BCUT2D eigenvalue weighted by Crippen LogP contribution is 2.47. The van der Waals surface area contributed by atoms with E-state index in [1.807, 2.05) is 13.0 Å². The fourth-order valence-electron chi connectivity index (χ4n) is 3.97. The summed E-state index contributed by atoms with van der Waals surface area (Å²) in [4.78, 5) is 0. The van der Waals surface area contributed by atoms with Gasteiger partial charge in [0.05, 0.1) is 5.60 Å². The Bertz CT molecular complexity index is 547. The molecule has 4 N–H and O–H groups in total. The second-order valence-electron chi connectivity index (χ2n) is 8.19. The van der Waals surface area contributed by atoms with Gasteiger partial charge in [-0.1, -0.05) is 19.9 Å². The van der Waals surface area contributed by atoms with E-state index in [9.17, 15) is 10.2 Å². The highest BCUT2D eigenvalue weighted by atomic mass is 16.3. The van der Waals surface area contributed by atoms with Crippen LogP contribution in [0.4, 0.5) is 0 Å². The van der Waals surface area contributed by atoms with Crippen LogP contribution in [0.25, 0.3) is 0 Å². The van der Waals surface area contributed by atoms with Crippen molar-refractivity contribution in [1.82, 2.24) is 0 Å². The van der Waals surface area contributed by atoms with Crippen molar-refractivity contribution in [2.24, 2.45) is 11.7 Å². The number of aryl methyl sites for hydroxylation is 1. The van der Waals surface area contributed by atoms with E-state index < -0.39 is 5.60 Å². The summed E-state index contributed by atoms with van der Waals surface area (Å²) in [6, 6.07) is 3.94. The summed E-state index contributed by atoms with van der Waals surface area (Å²) in [5, 5.41) is 20.4. The van der Waals surface area contributed by atoms with Gasteiger partial charge in [-0.3, -0.25) is 0 Å². The first-order valence-corrected chi connectivity index (χ1v) is 8.92. The van der Waals surface area contributed by atoms with Gasteiger partial charge in [-0.25, -0.2) is 0 Å². The monoisotopic (exact) mass is 319 g/mol. The van der Waals surface area contributed by atoms with Gasteiger partial charge >= 0.3 is 0 Å². The first-order chi connectivity index (χ1) is 10.6. The van der Waals surface area contributed by atoms with Crippen molar-refractivity contribution < 1.29 is 10.2 Å². The molecule has 0 fully saturated rings. The molecule has 0 saturated heterocycles. The van der Waals surface area contributed by atoms with Gasteiger partial charge in [0.25, 0.3) is 0 Å². The maximum absolute atomic E-state index is 10.4. The Labute approximate surface area is 140 Å². The summed E-state index contributed by atoms with van der Waals surface area (Å²) < 4.78 is 0. The summed E-state index contributed by atoms with van der Waals surface area (Å²) in [6.45, 7) is 10.1. The number of hydrogen-bond acceptors (Lipinski definition) is 3. The van der Waals surface area contributed by atoms with Crippen molar-refractivity contribution in [3.63, 3.8) is 0 Å². The highest BCUT2D eigenvalue weighted by molar-refractivity contribution is 5.48. The lowest BCUT2D eigenvalue weighted by Crippen LogP contribution is -2.43. The van der Waals surface area contributed by atoms with Gasteiger partial charge in [0.1, 0.15) is 5.75 Å². The molecule has 4 atom stereocenters. The third-order valence-corrected chi connectivity index (χ3v) is 5.66. The van der Waals surface area contributed by atoms with E-state index in [-0.39, 0.29) is 6.04 Å². The Morgan fingerprint density at radius 3 is 2.52 bits per heavy atom. The molecular weight excluding hydrogens is 286 g/mol. The topological polar surface area (TPSA) is 66.5 Å². The van der Waals surface area contributed by atoms with Gasteiger partial charge < -0.3 is 15.9 Å². The maximum Gasteiger partial charge on any atom is 0.119 e. The fourth-order valence-corrected chi connectivity index (χ4v) is 3.97. The third-order valence-electron chi connectivity index (χ3n) is 5.66. The van der Waals surface area contributed by atoms with Crippen LogP contribution >= 0.6 is 0 Å². The molecule has 0 saturated carbocycles. The van der Waals surface area contributed by atoms with E-state index in [0.717, 1.165) is 36.8 Å². The zero-order valence-corrected chi connectivity index (χ0v) is 15.3. The van der Waals surface area contributed by atoms with Crippen molar-refractivity contribution in [1.29, 1.82) is 0 Å². The molecule has 0 bridgehead atoms. The number of aliphatic hydroxyl groups is 1. The Morgan fingerprint density at radius 1 is 1.26 bits per heavy atom. The number of phenolic OH excluding ortho intramolecular Hbond substituents is 1. The van der Waals surface area contributed by atoms with Crippen molar-refractivity contribution >= 4 is 0 Å². The number of hydrogen-bond donors (Lipinski definition) is 3. The minimum Gasteiger partial charge on any atom is -0.508 e. The molecule has 0 spiro atoms. The van der Waals surface area contributed by atoms with Gasteiger partial charge in [0.2, 0.25) is 0 Å². The van der Waals surface area contributed by atoms with E-state index in [0.29, 0.717) is 23.5 Å². The van der Waals surface area contributed by atoms with Gasteiger partial charge in [0.15, 0.2) is 0 Å². The van der Waals surface area contributed by atoms with Crippen molar-refractivity contribution in [2.45, 2.75) is 83.8 Å². The Kier molecular flexibility index (Phi) is 5.42. The van der Waals surface area contributed by atoms with Crippen molar-refractivity contribution in [2.75, 3.05) is 0 Å². The number of aromatic hydroxyl groups is 1. The Morgan fingerprint density at radius 2 is 1.91 bits per heavy atom. The van der Waals surface area contributed by atoms with Crippen LogP contribution in [0.2, 0.25) is 0 Å². The van der Waals surface area contributed by atoms with Crippen LogP contribution in [-0.2, 0) is 0 Å². The van der Waals surface area contributed by atoms with Crippen LogP contribution in [-0.4, -0.2) is 21.9 Å².